The fourth-order valence-electron chi connectivity index (χ4n) is 2.69. The number of carbonyl (C=O) groups excluding carboxylic acids is 1. The average Bonchev–Trinajstić information content (AvgIpc) is 2.32. The molecule has 1 aromatic carbocycles. The Kier molecular flexibility index (Phi) is 3.82. The summed E-state index contributed by atoms with van der Waals surface area (Å²) < 4.78 is 0. The maximum Gasteiger partial charge on any atom is 0.140 e. The van der Waals surface area contributed by atoms with Crippen LogP contribution in [0.4, 0.5) is 0 Å². The van der Waals surface area contributed by atoms with E-state index in [2.05, 4.69) is 6.92 Å². The Morgan fingerprint density at radius 1 is 1.29 bits per heavy atom. The van der Waals surface area contributed by atoms with E-state index < -0.39 is 0 Å². The summed E-state index contributed by atoms with van der Waals surface area (Å²) in [4.78, 5) is 12.1. The number of carbonyl (C=O) groups is 1. The van der Waals surface area contributed by atoms with Gasteiger partial charge in [-0.15, -0.1) is 0 Å². The molecule has 2 atom stereocenters. The van der Waals surface area contributed by atoms with Gasteiger partial charge in [0.1, 0.15) is 11.5 Å². The van der Waals surface area contributed by atoms with E-state index in [-0.39, 0.29) is 11.7 Å². The molecule has 1 saturated carbocycles. The van der Waals surface area contributed by atoms with E-state index in [0.717, 1.165) is 18.4 Å². The lowest BCUT2D eigenvalue weighted by molar-refractivity contribution is -0.123. The predicted molar refractivity (Wildman–Crippen MR) is 67.9 cm³/mol. The van der Waals surface area contributed by atoms with Crippen molar-refractivity contribution in [1.29, 1.82) is 0 Å². The van der Waals surface area contributed by atoms with Crippen molar-refractivity contribution in [2.75, 3.05) is 0 Å². The molecule has 2 rings (SSSR count). The molecule has 17 heavy (non-hydrogen) atoms. The minimum atomic E-state index is 0.257. The monoisotopic (exact) mass is 232 g/mol. The molecule has 2 unspecified atom stereocenters. The van der Waals surface area contributed by atoms with Gasteiger partial charge in [0.05, 0.1) is 0 Å². The highest BCUT2D eigenvalue weighted by atomic mass is 16.3. The van der Waals surface area contributed by atoms with Crippen LogP contribution in [-0.4, -0.2) is 10.9 Å². The Hall–Kier alpha value is -1.31. The first-order chi connectivity index (χ1) is 8.15. The molecular weight excluding hydrogens is 212 g/mol. The zero-order valence-corrected chi connectivity index (χ0v) is 10.4. The first-order valence-corrected chi connectivity index (χ1v) is 6.46. The van der Waals surface area contributed by atoms with Crippen molar-refractivity contribution < 1.29 is 9.90 Å². The van der Waals surface area contributed by atoms with Gasteiger partial charge in [-0.25, -0.2) is 0 Å². The SMILES string of the molecule is CC1CCCC(C(=O)Cc2ccc(O)cc2)C1. The summed E-state index contributed by atoms with van der Waals surface area (Å²) in [6, 6.07) is 6.96. The molecule has 1 aromatic rings. The normalized spacial score (nSPS) is 24.5. The molecule has 0 amide bonds. The summed E-state index contributed by atoms with van der Waals surface area (Å²) in [6.07, 6.45) is 5.08. The Labute approximate surface area is 103 Å². The lowest BCUT2D eigenvalue weighted by Gasteiger charge is -2.25. The van der Waals surface area contributed by atoms with Gasteiger partial charge in [-0.05, 0) is 36.5 Å². The number of phenolic OH excluding ortho intramolecular Hbond substituents is 1. The summed E-state index contributed by atoms with van der Waals surface area (Å²) in [7, 11) is 0. The van der Waals surface area contributed by atoms with E-state index in [1.54, 1.807) is 12.1 Å². The summed E-state index contributed by atoms with van der Waals surface area (Å²) in [5, 5.41) is 9.19. The summed E-state index contributed by atoms with van der Waals surface area (Å²) in [6.45, 7) is 2.24. The minimum absolute atomic E-state index is 0.257. The highest BCUT2D eigenvalue weighted by Gasteiger charge is 2.24. The van der Waals surface area contributed by atoms with Gasteiger partial charge in [-0.1, -0.05) is 31.9 Å². The smallest absolute Gasteiger partial charge is 0.140 e. The zero-order valence-electron chi connectivity index (χ0n) is 10.4. The van der Waals surface area contributed by atoms with Crippen molar-refractivity contribution in [1.82, 2.24) is 0 Å². The van der Waals surface area contributed by atoms with Gasteiger partial charge >= 0.3 is 0 Å². The van der Waals surface area contributed by atoms with E-state index >= 15 is 0 Å². The number of rotatable bonds is 3. The van der Waals surface area contributed by atoms with E-state index in [1.165, 1.54) is 12.8 Å². The molecule has 0 bridgehead atoms. The number of benzene rings is 1. The third-order valence-corrected chi connectivity index (χ3v) is 3.71. The van der Waals surface area contributed by atoms with Gasteiger partial charge in [-0.2, -0.15) is 0 Å². The summed E-state index contributed by atoms with van der Waals surface area (Å²) >= 11 is 0. The van der Waals surface area contributed by atoms with Crippen molar-refractivity contribution in [3.63, 3.8) is 0 Å². The van der Waals surface area contributed by atoms with Gasteiger partial charge in [-0.3, -0.25) is 4.79 Å². The van der Waals surface area contributed by atoms with Crippen LogP contribution >= 0.6 is 0 Å². The van der Waals surface area contributed by atoms with Crippen LogP contribution in [0.5, 0.6) is 5.75 Å². The lowest BCUT2D eigenvalue weighted by atomic mass is 9.79. The molecule has 2 nitrogen and oxygen atoms in total. The number of hydrogen-bond acceptors (Lipinski definition) is 2. The Bertz CT molecular complexity index is 380. The second-order valence-electron chi connectivity index (χ2n) is 5.28. The highest BCUT2D eigenvalue weighted by molar-refractivity contribution is 5.83. The third kappa shape index (κ3) is 3.32. The predicted octanol–water partition coefficient (Wildman–Crippen LogP) is 3.33. The Balaban J connectivity index is 1.94. The van der Waals surface area contributed by atoms with Crippen molar-refractivity contribution in [3.8, 4) is 5.75 Å². The average molecular weight is 232 g/mol. The number of ketones is 1. The van der Waals surface area contributed by atoms with E-state index in [1.807, 2.05) is 12.1 Å². The van der Waals surface area contributed by atoms with Crippen molar-refractivity contribution in [3.05, 3.63) is 29.8 Å². The largest absolute Gasteiger partial charge is 0.508 e. The maximum atomic E-state index is 12.1. The third-order valence-electron chi connectivity index (χ3n) is 3.71. The van der Waals surface area contributed by atoms with E-state index in [0.29, 0.717) is 18.1 Å². The molecule has 0 spiro atoms. The topological polar surface area (TPSA) is 37.3 Å². The number of Topliss-reactive ketones (excluding diaryl/α,β-unsaturated/α-hetero) is 1. The van der Waals surface area contributed by atoms with Gasteiger partial charge in [0.25, 0.3) is 0 Å². The quantitative estimate of drug-likeness (QED) is 0.868. The second-order valence-corrected chi connectivity index (χ2v) is 5.28. The standard InChI is InChI=1S/C15H20O2/c1-11-3-2-4-13(9-11)15(17)10-12-5-7-14(16)8-6-12/h5-8,11,13,16H,2-4,9-10H2,1H3. The molecule has 1 N–H and O–H groups in total. The van der Waals surface area contributed by atoms with Crippen LogP contribution in [0.25, 0.3) is 0 Å². The van der Waals surface area contributed by atoms with Crippen LogP contribution in [0.1, 0.15) is 38.2 Å². The lowest BCUT2D eigenvalue weighted by Crippen LogP contribution is -2.23. The summed E-state index contributed by atoms with van der Waals surface area (Å²) in [5.74, 6) is 1.57. The molecule has 2 heteroatoms. The molecule has 0 aromatic heterocycles. The minimum Gasteiger partial charge on any atom is -0.508 e. The van der Waals surface area contributed by atoms with Crippen LogP contribution in [-0.2, 0) is 11.2 Å². The zero-order chi connectivity index (χ0) is 12.3. The van der Waals surface area contributed by atoms with Crippen molar-refractivity contribution in [2.45, 2.75) is 39.0 Å². The molecule has 0 radical (unpaired) electrons. The van der Waals surface area contributed by atoms with Crippen molar-refractivity contribution in [2.24, 2.45) is 11.8 Å². The molecular formula is C15H20O2. The number of aromatic hydroxyl groups is 1. The van der Waals surface area contributed by atoms with Crippen LogP contribution < -0.4 is 0 Å². The maximum absolute atomic E-state index is 12.1. The molecule has 1 aliphatic rings. The highest BCUT2D eigenvalue weighted by Crippen LogP contribution is 2.29. The Morgan fingerprint density at radius 3 is 2.65 bits per heavy atom. The van der Waals surface area contributed by atoms with Gasteiger partial charge in [0.2, 0.25) is 0 Å². The fourth-order valence-corrected chi connectivity index (χ4v) is 2.69. The molecule has 92 valence electrons. The Morgan fingerprint density at radius 2 is 2.00 bits per heavy atom. The van der Waals surface area contributed by atoms with Crippen LogP contribution in [0.15, 0.2) is 24.3 Å². The molecule has 0 saturated heterocycles. The van der Waals surface area contributed by atoms with E-state index in [9.17, 15) is 9.90 Å². The first kappa shape index (κ1) is 12.2. The van der Waals surface area contributed by atoms with Crippen LogP contribution in [0, 0.1) is 11.8 Å². The van der Waals surface area contributed by atoms with Crippen LogP contribution in [0.2, 0.25) is 0 Å². The van der Waals surface area contributed by atoms with Crippen LogP contribution in [0.3, 0.4) is 0 Å². The number of hydrogen-bond donors (Lipinski definition) is 1. The molecule has 1 aliphatic carbocycles. The van der Waals surface area contributed by atoms with Crippen molar-refractivity contribution >= 4 is 5.78 Å². The molecule has 0 aliphatic heterocycles. The fraction of sp³-hybridized carbons (Fsp3) is 0.533. The molecule has 1 fully saturated rings. The van der Waals surface area contributed by atoms with Gasteiger partial charge < -0.3 is 5.11 Å². The first-order valence-electron chi connectivity index (χ1n) is 6.46. The molecule has 0 heterocycles. The van der Waals surface area contributed by atoms with Gasteiger partial charge in [0, 0.05) is 12.3 Å². The van der Waals surface area contributed by atoms with E-state index in [4.69, 9.17) is 0 Å². The summed E-state index contributed by atoms with van der Waals surface area (Å²) in [5.41, 5.74) is 1.01. The second kappa shape index (κ2) is 5.35. The number of phenols is 1. The van der Waals surface area contributed by atoms with Gasteiger partial charge in [0.15, 0.2) is 0 Å².